The van der Waals surface area contributed by atoms with Crippen LogP contribution in [0.4, 0.5) is 0 Å². The zero-order valence-electron chi connectivity index (χ0n) is 12.2. The number of aryl methyl sites for hydroxylation is 1. The van der Waals surface area contributed by atoms with Gasteiger partial charge in [-0.2, -0.15) is 0 Å². The zero-order valence-corrected chi connectivity index (χ0v) is 12.2. The predicted molar refractivity (Wildman–Crippen MR) is 75.7 cm³/mol. The van der Waals surface area contributed by atoms with E-state index in [-0.39, 0.29) is 11.3 Å². The highest BCUT2D eigenvalue weighted by Gasteiger charge is 2.24. The van der Waals surface area contributed by atoms with Crippen LogP contribution in [0.3, 0.4) is 0 Å². The summed E-state index contributed by atoms with van der Waals surface area (Å²) in [5.74, 6) is -0.685. The number of hydrogen-bond acceptors (Lipinski definition) is 6. The van der Waals surface area contributed by atoms with Crippen LogP contribution in [0.25, 0.3) is 10.9 Å². The van der Waals surface area contributed by atoms with E-state index in [1.165, 1.54) is 14.2 Å². The van der Waals surface area contributed by atoms with Gasteiger partial charge in [-0.15, -0.1) is 0 Å². The summed E-state index contributed by atoms with van der Waals surface area (Å²) >= 11 is 0. The van der Waals surface area contributed by atoms with Crippen LogP contribution in [0, 0.1) is 6.92 Å². The lowest BCUT2D eigenvalue weighted by Gasteiger charge is -2.12. The van der Waals surface area contributed by atoms with Gasteiger partial charge in [-0.05, 0) is 30.7 Å². The average Bonchev–Trinajstić information content (AvgIpc) is 2.52. The van der Waals surface area contributed by atoms with E-state index in [0.29, 0.717) is 22.2 Å². The molecule has 0 aliphatic carbocycles. The molecule has 1 aromatic heterocycles. The Morgan fingerprint density at radius 1 is 1.05 bits per heavy atom. The lowest BCUT2D eigenvalue weighted by molar-refractivity contribution is 0.0549. The molecule has 6 nitrogen and oxygen atoms in total. The maximum Gasteiger partial charge on any atom is 0.357 e. The number of esters is 2. The van der Waals surface area contributed by atoms with E-state index in [9.17, 15) is 9.59 Å². The highest BCUT2D eigenvalue weighted by molar-refractivity contribution is 6.06. The molecule has 2 aromatic rings. The minimum absolute atomic E-state index is 0.0560. The van der Waals surface area contributed by atoms with Gasteiger partial charge >= 0.3 is 11.9 Å². The quantitative estimate of drug-likeness (QED) is 0.806. The van der Waals surface area contributed by atoms with Crippen LogP contribution in [0.15, 0.2) is 18.2 Å². The predicted octanol–water partition coefficient (Wildman–Crippen LogP) is 2.13. The van der Waals surface area contributed by atoms with Crippen LogP contribution >= 0.6 is 0 Å². The molecule has 6 heteroatoms. The first-order valence-corrected chi connectivity index (χ1v) is 6.18. The van der Waals surface area contributed by atoms with Crippen LogP contribution in [0.1, 0.15) is 26.4 Å². The molecule has 0 amide bonds. The number of fused-ring (bicyclic) bond motifs is 1. The van der Waals surface area contributed by atoms with Gasteiger partial charge in [0, 0.05) is 5.39 Å². The van der Waals surface area contributed by atoms with Gasteiger partial charge in [-0.1, -0.05) is 0 Å². The number of carbonyl (C=O) groups is 2. The van der Waals surface area contributed by atoms with Crippen molar-refractivity contribution < 1.29 is 23.8 Å². The van der Waals surface area contributed by atoms with E-state index in [0.717, 1.165) is 0 Å². The van der Waals surface area contributed by atoms with Crippen molar-refractivity contribution in [3.8, 4) is 5.75 Å². The molecular formula is C15H15NO5. The minimum Gasteiger partial charge on any atom is -0.497 e. The van der Waals surface area contributed by atoms with Gasteiger partial charge in [0.05, 0.1) is 32.4 Å². The molecule has 0 bridgehead atoms. The monoisotopic (exact) mass is 289 g/mol. The fourth-order valence-electron chi connectivity index (χ4n) is 2.12. The van der Waals surface area contributed by atoms with Crippen LogP contribution < -0.4 is 4.74 Å². The number of aromatic nitrogens is 1. The first-order chi connectivity index (χ1) is 10.0. The molecule has 0 N–H and O–H groups in total. The number of rotatable bonds is 3. The summed E-state index contributed by atoms with van der Waals surface area (Å²) in [6.07, 6.45) is 0. The van der Waals surface area contributed by atoms with Crippen molar-refractivity contribution in [3.63, 3.8) is 0 Å². The van der Waals surface area contributed by atoms with E-state index in [2.05, 4.69) is 9.72 Å². The van der Waals surface area contributed by atoms with Crippen molar-refractivity contribution in [2.45, 2.75) is 6.92 Å². The molecule has 0 saturated heterocycles. The molecule has 0 aliphatic heterocycles. The third kappa shape index (κ3) is 2.52. The molecule has 1 heterocycles. The topological polar surface area (TPSA) is 74.7 Å². The maximum atomic E-state index is 12.0. The summed E-state index contributed by atoms with van der Waals surface area (Å²) in [6.45, 7) is 1.72. The van der Waals surface area contributed by atoms with Crippen molar-refractivity contribution in [1.82, 2.24) is 4.98 Å². The number of pyridine rings is 1. The summed E-state index contributed by atoms with van der Waals surface area (Å²) in [5.41, 5.74) is 1.21. The summed E-state index contributed by atoms with van der Waals surface area (Å²) in [5, 5.41) is 0.711. The van der Waals surface area contributed by atoms with E-state index in [4.69, 9.17) is 9.47 Å². The van der Waals surface area contributed by atoms with Crippen LogP contribution in [-0.2, 0) is 9.47 Å². The first-order valence-electron chi connectivity index (χ1n) is 6.18. The SMILES string of the molecule is COC(=O)c1nc2ccc(OC)cc2c(C)c1C(=O)OC. The maximum absolute atomic E-state index is 12.0. The van der Waals surface area contributed by atoms with Crippen molar-refractivity contribution in [2.75, 3.05) is 21.3 Å². The standard InChI is InChI=1S/C15H15NO5/c1-8-10-7-9(19-2)5-6-11(10)16-13(15(18)21-4)12(8)14(17)20-3/h5-7H,1-4H3. The second-order valence-electron chi connectivity index (χ2n) is 4.33. The normalized spacial score (nSPS) is 10.3. The average molecular weight is 289 g/mol. The Bertz CT molecular complexity index is 724. The van der Waals surface area contributed by atoms with Gasteiger partial charge in [0.25, 0.3) is 0 Å². The molecule has 0 unspecified atom stereocenters. The van der Waals surface area contributed by atoms with Gasteiger partial charge in [0.1, 0.15) is 5.75 Å². The van der Waals surface area contributed by atoms with E-state index in [1.54, 1.807) is 32.2 Å². The highest BCUT2D eigenvalue weighted by atomic mass is 16.5. The van der Waals surface area contributed by atoms with Crippen molar-refractivity contribution >= 4 is 22.8 Å². The number of methoxy groups -OCH3 is 3. The van der Waals surface area contributed by atoms with E-state index < -0.39 is 11.9 Å². The molecule has 0 aliphatic rings. The third-order valence-electron chi connectivity index (χ3n) is 3.22. The number of ether oxygens (including phenoxy) is 3. The Hall–Kier alpha value is -2.63. The number of hydrogen-bond donors (Lipinski definition) is 0. The van der Waals surface area contributed by atoms with Gasteiger partial charge < -0.3 is 14.2 Å². The number of benzene rings is 1. The Morgan fingerprint density at radius 3 is 2.29 bits per heavy atom. The highest BCUT2D eigenvalue weighted by Crippen LogP contribution is 2.27. The van der Waals surface area contributed by atoms with Crippen molar-refractivity contribution in [3.05, 3.63) is 35.0 Å². The first kappa shape index (κ1) is 14.8. The van der Waals surface area contributed by atoms with Gasteiger partial charge in [-0.3, -0.25) is 0 Å². The van der Waals surface area contributed by atoms with Crippen LogP contribution in [0.2, 0.25) is 0 Å². The second-order valence-corrected chi connectivity index (χ2v) is 4.33. The largest absolute Gasteiger partial charge is 0.497 e. The molecule has 110 valence electrons. The van der Waals surface area contributed by atoms with E-state index in [1.807, 2.05) is 0 Å². The Morgan fingerprint density at radius 2 is 1.71 bits per heavy atom. The van der Waals surface area contributed by atoms with Crippen LogP contribution in [0.5, 0.6) is 5.75 Å². The van der Waals surface area contributed by atoms with Gasteiger partial charge in [0.15, 0.2) is 5.69 Å². The fraction of sp³-hybridized carbons (Fsp3) is 0.267. The Balaban J connectivity index is 2.83. The molecule has 0 saturated carbocycles. The van der Waals surface area contributed by atoms with Gasteiger partial charge in [-0.25, -0.2) is 14.6 Å². The number of carbonyl (C=O) groups excluding carboxylic acids is 2. The summed E-state index contributed by atoms with van der Waals surface area (Å²) < 4.78 is 14.6. The Labute approximate surface area is 121 Å². The van der Waals surface area contributed by atoms with Crippen molar-refractivity contribution in [1.29, 1.82) is 0 Å². The van der Waals surface area contributed by atoms with Crippen LogP contribution in [-0.4, -0.2) is 38.3 Å². The summed E-state index contributed by atoms with van der Waals surface area (Å²) in [7, 11) is 4.03. The summed E-state index contributed by atoms with van der Waals surface area (Å²) in [6, 6.07) is 5.20. The van der Waals surface area contributed by atoms with Gasteiger partial charge in [0.2, 0.25) is 0 Å². The zero-order chi connectivity index (χ0) is 15.6. The lowest BCUT2D eigenvalue weighted by atomic mass is 10.0. The molecular weight excluding hydrogens is 274 g/mol. The second kappa shape index (κ2) is 5.78. The third-order valence-corrected chi connectivity index (χ3v) is 3.22. The smallest absolute Gasteiger partial charge is 0.357 e. The molecule has 1 aromatic carbocycles. The van der Waals surface area contributed by atoms with Crippen molar-refractivity contribution in [2.24, 2.45) is 0 Å². The Kier molecular flexibility index (Phi) is 4.07. The lowest BCUT2D eigenvalue weighted by Crippen LogP contribution is -2.16. The molecule has 0 atom stereocenters. The summed E-state index contributed by atoms with van der Waals surface area (Å²) in [4.78, 5) is 28.0. The fourth-order valence-corrected chi connectivity index (χ4v) is 2.12. The molecule has 0 spiro atoms. The minimum atomic E-state index is -0.684. The molecule has 0 radical (unpaired) electrons. The molecule has 21 heavy (non-hydrogen) atoms. The number of nitrogens with zero attached hydrogens (tertiary/aromatic N) is 1. The molecule has 2 rings (SSSR count). The van der Waals surface area contributed by atoms with E-state index >= 15 is 0 Å². The molecule has 0 fully saturated rings.